The predicted molar refractivity (Wildman–Crippen MR) is 129 cm³/mol. The van der Waals surface area contributed by atoms with Gasteiger partial charge in [0.05, 0.1) is 43.2 Å². The van der Waals surface area contributed by atoms with Gasteiger partial charge in [0.25, 0.3) is 5.56 Å². The van der Waals surface area contributed by atoms with Gasteiger partial charge in [-0.05, 0) is 17.7 Å². The maximum atomic E-state index is 12.7. The molecule has 0 aromatic carbocycles. The zero-order valence-electron chi connectivity index (χ0n) is 19.5. The minimum atomic E-state index is -0.629. The van der Waals surface area contributed by atoms with Gasteiger partial charge in [0.15, 0.2) is 17.1 Å². The molecule has 11 nitrogen and oxygen atoms in total. The van der Waals surface area contributed by atoms with Gasteiger partial charge in [0.1, 0.15) is 18.7 Å². The number of aliphatic hydroxyl groups is 1. The molecule has 5 heterocycles. The van der Waals surface area contributed by atoms with E-state index >= 15 is 0 Å². The number of hydrogen-bond donors (Lipinski definition) is 2. The van der Waals surface area contributed by atoms with Crippen molar-refractivity contribution < 1.29 is 19.3 Å². The van der Waals surface area contributed by atoms with Gasteiger partial charge in [-0.15, -0.1) is 0 Å². The molecule has 6 rings (SSSR count). The number of rotatable bonds is 5. The molecule has 0 amide bonds. The van der Waals surface area contributed by atoms with Gasteiger partial charge in [-0.3, -0.25) is 19.3 Å². The predicted octanol–water partition coefficient (Wildman–Crippen LogP) is 0.968. The SMILES string of the molecule is COc1ccc2ncc(=O)n(-c3cnc4c(c3)CC(O)[C@@H](NCc3cc5c(cn3)OCCO5)C4)c2n1. The van der Waals surface area contributed by atoms with Crippen LogP contribution in [-0.4, -0.2) is 62.1 Å². The summed E-state index contributed by atoms with van der Waals surface area (Å²) in [4.78, 5) is 30.4. The average molecular weight is 489 g/mol. The van der Waals surface area contributed by atoms with Crippen LogP contribution in [0.4, 0.5) is 0 Å². The van der Waals surface area contributed by atoms with Crippen LogP contribution in [0.5, 0.6) is 17.4 Å². The molecule has 1 unspecified atom stereocenters. The molecule has 4 aromatic heterocycles. The van der Waals surface area contributed by atoms with Gasteiger partial charge < -0.3 is 24.6 Å². The summed E-state index contributed by atoms with van der Waals surface area (Å²) in [6.07, 6.45) is 4.89. The number of methoxy groups -OCH3 is 1. The molecule has 2 aliphatic rings. The van der Waals surface area contributed by atoms with Crippen molar-refractivity contribution in [3.63, 3.8) is 0 Å². The highest BCUT2D eigenvalue weighted by Gasteiger charge is 2.28. The Bertz CT molecular complexity index is 1510. The van der Waals surface area contributed by atoms with Crippen LogP contribution in [0.3, 0.4) is 0 Å². The minimum absolute atomic E-state index is 0.193. The fourth-order valence-electron chi connectivity index (χ4n) is 4.59. The molecule has 0 saturated carbocycles. The van der Waals surface area contributed by atoms with E-state index in [0.29, 0.717) is 66.8 Å². The Hall–Kier alpha value is -4.09. The summed E-state index contributed by atoms with van der Waals surface area (Å²) in [6, 6.07) is 6.99. The minimum Gasteiger partial charge on any atom is -0.486 e. The Kier molecular flexibility index (Phi) is 5.70. The van der Waals surface area contributed by atoms with Crippen LogP contribution in [0.2, 0.25) is 0 Å². The number of nitrogens with zero attached hydrogens (tertiary/aromatic N) is 5. The van der Waals surface area contributed by atoms with Gasteiger partial charge >= 0.3 is 0 Å². The molecule has 2 atom stereocenters. The zero-order chi connectivity index (χ0) is 24.6. The molecule has 1 aliphatic heterocycles. The first-order chi connectivity index (χ1) is 17.6. The average Bonchev–Trinajstić information content (AvgIpc) is 2.91. The van der Waals surface area contributed by atoms with E-state index in [0.717, 1.165) is 17.0 Å². The molecule has 2 N–H and O–H groups in total. The fraction of sp³-hybridized carbons (Fsp3) is 0.320. The molecule has 0 saturated heterocycles. The van der Waals surface area contributed by atoms with Crippen molar-refractivity contribution in [1.82, 2.24) is 29.8 Å². The number of aromatic nitrogens is 5. The topological polar surface area (TPSA) is 134 Å². The van der Waals surface area contributed by atoms with Crippen molar-refractivity contribution in [2.24, 2.45) is 0 Å². The Labute approximate surface area is 205 Å². The Balaban J connectivity index is 1.24. The van der Waals surface area contributed by atoms with E-state index in [4.69, 9.17) is 14.2 Å². The van der Waals surface area contributed by atoms with Crippen LogP contribution in [-0.2, 0) is 19.4 Å². The second kappa shape index (κ2) is 9.17. The highest BCUT2D eigenvalue weighted by molar-refractivity contribution is 5.72. The molecule has 4 aromatic rings. The van der Waals surface area contributed by atoms with E-state index in [9.17, 15) is 9.90 Å². The van der Waals surface area contributed by atoms with Gasteiger partial charge in [-0.25, -0.2) is 4.98 Å². The maximum Gasteiger partial charge on any atom is 0.275 e. The molecule has 0 fully saturated rings. The molecular weight excluding hydrogens is 464 g/mol. The first-order valence-corrected chi connectivity index (χ1v) is 11.7. The number of aliphatic hydroxyl groups excluding tert-OH is 1. The van der Waals surface area contributed by atoms with Crippen LogP contribution in [0.15, 0.2) is 47.7 Å². The zero-order valence-corrected chi connectivity index (χ0v) is 19.5. The number of nitrogens with one attached hydrogen (secondary N) is 1. The van der Waals surface area contributed by atoms with E-state index in [-0.39, 0.29) is 11.6 Å². The van der Waals surface area contributed by atoms with Gasteiger partial charge in [0.2, 0.25) is 5.88 Å². The molecular formula is C25H24N6O5. The van der Waals surface area contributed by atoms with Crippen molar-refractivity contribution in [3.05, 3.63) is 70.2 Å². The summed E-state index contributed by atoms with van der Waals surface area (Å²) in [5.41, 5.74) is 3.73. The molecule has 0 spiro atoms. The second-order valence-electron chi connectivity index (χ2n) is 8.71. The van der Waals surface area contributed by atoms with E-state index < -0.39 is 6.10 Å². The van der Waals surface area contributed by atoms with Crippen molar-refractivity contribution in [2.75, 3.05) is 20.3 Å². The molecule has 36 heavy (non-hydrogen) atoms. The summed E-state index contributed by atoms with van der Waals surface area (Å²) in [5.74, 6) is 1.71. The second-order valence-corrected chi connectivity index (χ2v) is 8.71. The summed E-state index contributed by atoms with van der Waals surface area (Å²) in [5, 5.41) is 14.3. The van der Waals surface area contributed by atoms with Gasteiger partial charge in [0, 0.05) is 43.3 Å². The molecule has 1 aliphatic carbocycles. The number of hydrogen-bond acceptors (Lipinski definition) is 10. The third kappa shape index (κ3) is 4.12. The normalized spacial score (nSPS) is 18.6. The lowest BCUT2D eigenvalue weighted by Gasteiger charge is -2.30. The largest absolute Gasteiger partial charge is 0.486 e. The van der Waals surface area contributed by atoms with Crippen molar-refractivity contribution >= 4 is 11.2 Å². The molecule has 0 bridgehead atoms. The number of fused-ring (bicyclic) bond motifs is 3. The summed E-state index contributed by atoms with van der Waals surface area (Å²) in [7, 11) is 1.52. The van der Waals surface area contributed by atoms with E-state index in [1.165, 1.54) is 17.9 Å². The summed E-state index contributed by atoms with van der Waals surface area (Å²) < 4.78 is 17.8. The number of ether oxygens (including phenoxy) is 3. The smallest absolute Gasteiger partial charge is 0.275 e. The summed E-state index contributed by atoms with van der Waals surface area (Å²) >= 11 is 0. The monoisotopic (exact) mass is 488 g/mol. The highest BCUT2D eigenvalue weighted by atomic mass is 16.6. The Morgan fingerprint density at radius 2 is 1.94 bits per heavy atom. The third-order valence-electron chi connectivity index (χ3n) is 6.43. The van der Waals surface area contributed by atoms with Crippen molar-refractivity contribution in [2.45, 2.75) is 31.5 Å². The van der Waals surface area contributed by atoms with Crippen molar-refractivity contribution in [1.29, 1.82) is 0 Å². The van der Waals surface area contributed by atoms with Gasteiger partial charge in [-0.2, -0.15) is 4.98 Å². The van der Waals surface area contributed by atoms with Crippen molar-refractivity contribution in [3.8, 4) is 23.1 Å². The first kappa shape index (κ1) is 22.4. The summed E-state index contributed by atoms with van der Waals surface area (Å²) in [6.45, 7) is 1.50. The molecule has 0 radical (unpaired) electrons. The number of pyridine rings is 3. The molecule has 11 heteroatoms. The van der Waals surface area contributed by atoms with Crippen LogP contribution in [0, 0.1) is 0 Å². The maximum absolute atomic E-state index is 12.7. The van der Waals surface area contributed by atoms with Crippen LogP contribution in [0.25, 0.3) is 16.9 Å². The van der Waals surface area contributed by atoms with E-state index in [1.54, 1.807) is 24.5 Å². The van der Waals surface area contributed by atoms with Crippen LogP contribution < -0.4 is 25.1 Å². The highest BCUT2D eigenvalue weighted by Crippen LogP contribution is 2.29. The van der Waals surface area contributed by atoms with E-state index in [1.807, 2.05) is 12.1 Å². The lowest BCUT2D eigenvalue weighted by atomic mass is 9.89. The van der Waals surface area contributed by atoms with Gasteiger partial charge in [-0.1, -0.05) is 0 Å². The lowest BCUT2D eigenvalue weighted by Crippen LogP contribution is -2.45. The Morgan fingerprint density at radius 3 is 2.81 bits per heavy atom. The third-order valence-corrected chi connectivity index (χ3v) is 6.43. The standard InChI is InChI=1S/C25H24N6O5/c1-34-23-3-2-17-25(30-23)31(24(33)13-29-17)16-6-14-7-20(32)19(9-18(14)28-11-16)27-10-15-8-21-22(12-26-15)36-5-4-35-21/h2-3,6,8,11-13,19-20,27,32H,4-5,7,9-10H2,1H3/t19-,20?/m0/s1. The van der Waals surface area contributed by atoms with Crippen LogP contribution in [0.1, 0.15) is 17.0 Å². The lowest BCUT2D eigenvalue weighted by molar-refractivity contribution is 0.117. The van der Waals surface area contributed by atoms with E-state index in [2.05, 4.69) is 25.3 Å². The molecule has 184 valence electrons. The Morgan fingerprint density at radius 1 is 1.08 bits per heavy atom. The fourth-order valence-corrected chi connectivity index (χ4v) is 4.59. The quantitative estimate of drug-likeness (QED) is 0.419. The van der Waals surface area contributed by atoms with Crippen LogP contribution >= 0.6 is 0 Å². The first-order valence-electron chi connectivity index (χ1n) is 11.7.